The summed E-state index contributed by atoms with van der Waals surface area (Å²) < 4.78 is 0. The molecule has 0 radical (unpaired) electrons. The van der Waals surface area contributed by atoms with Gasteiger partial charge in [-0.05, 0) is 18.1 Å². The molecule has 2 aromatic carbocycles. The Hall–Kier alpha value is -2.62. The molecule has 0 aliphatic carbocycles. The Morgan fingerprint density at radius 1 is 1.18 bits per heavy atom. The molecule has 0 unspecified atom stereocenters. The van der Waals surface area contributed by atoms with Gasteiger partial charge in [0.25, 0.3) is 5.91 Å². The van der Waals surface area contributed by atoms with Crippen LogP contribution in [0, 0.1) is 6.92 Å². The van der Waals surface area contributed by atoms with E-state index in [1.807, 2.05) is 61.5 Å². The molecule has 4 nitrogen and oxygen atoms in total. The predicted octanol–water partition coefficient (Wildman–Crippen LogP) is 2.80. The lowest BCUT2D eigenvalue weighted by Gasteiger charge is -2.09. The molecule has 1 amide bonds. The van der Waals surface area contributed by atoms with Crippen LogP contribution >= 0.6 is 0 Å². The summed E-state index contributed by atoms with van der Waals surface area (Å²) >= 11 is 0. The van der Waals surface area contributed by atoms with Crippen molar-refractivity contribution in [2.75, 3.05) is 0 Å². The summed E-state index contributed by atoms with van der Waals surface area (Å²) in [5.74, 6) is -0.129. The highest BCUT2D eigenvalue weighted by molar-refractivity contribution is 6.04. The number of carbonyl (C=O) groups is 1. The van der Waals surface area contributed by atoms with Crippen LogP contribution in [0.15, 0.2) is 59.8 Å². The van der Waals surface area contributed by atoms with Gasteiger partial charge in [-0.15, -0.1) is 0 Å². The molecule has 2 aromatic rings. The molecule has 112 valence electrons. The molecule has 1 heterocycles. The third kappa shape index (κ3) is 3.34. The first kappa shape index (κ1) is 14.3. The molecule has 3 rings (SSSR count). The molecule has 4 heteroatoms. The summed E-state index contributed by atoms with van der Waals surface area (Å²) in [5.41, 5.74) is 4.09. The summed E-state index contributed by atoms with van der Waals surface area (Å²) in [4.78, 5) is 17.4. The van der Waals surface area contributed by atoms with Crippen LogP contribution in [0.3, 0.4) is 0 Å². The molecule has 0 bridgehead atoms. The number of benzene rings is 2. The Morgan fingerprint density at radius 3 is 2.64 bits per heavy atom. The van der Waals surface area contributed by atoms with Gasteiger partial charge in [-0.2, -0.15) is 0 Å². The van der Waals surface area contributed by atoms with Crippen molar-refractivity contribution >= 4 is 11.6 Å². The van der Waals surface area contributed by atoms with E-state index < -0.39 is 6.10 Å². The maximum Gasteiger partial charge on any atom is 0.264 e. The summed E-state index contributed by atoms with van der Waals surface area (Å²) in [6.45, 7) is 2.54. The van der Waals surface area contributed by atoms with E-state index in [0.29, 0.717) is 13.0 Å². The number of aryl methyl sites for hydroxylation is 1. The van der Waals surface area contributed by atoms with Crippen molar-refractivity contribution < 1.29 is 9.63 Å². The van der Waals surface area contributed by atoms with Gasteiger partial charge in [0.05, 0.1) is 5.71 Å². The van der Waals surface area contributed by atoms with Crippen molar-refractivity contribution in [3.05, 3.63) is 71.3 Å². The second-order valence-corrected chi connectivity index (χ2v) is 5.41. The van der Waals surface area contributed by atoms with Crippen LogP contribution < -0.4 is 5.32 Å². The molecule has 0 saturated carbocycles. The smallest absolute Gasteiger partial charge is 0.264 e. The van der Waals surface area contributed by atoms with Crippen molar-refractivity contribution in [2.45, 2.75) is 26.0 Å². The van der Waals surface area contributed by atoms with Gasteiger partial charge < -0.3 is 10.2 Å². The second kappa shape index (κ2) is 6.43. The van der Waals surface area contributed by atoms with Crippen LogP contribution in [-0.2, 0) is 16.2 Å². The fraction of sp³-hybridized carbons (Fsp3) is 0.222. The minimum absolute atomic E-state index is 0.129. The molecule has 0 fully saturated rings. The van der Waals surface area contributed by atoms with Gasteiger partial charge in [-0.25, -0.2) is 0 Å². The van der Waals surface area contributed by atoms with Gasteiger partial charge in [0.2, 0.25) is 6.10 Å². The van der Waals surface area contributed by atoms with Gasteiger partial charge in [-0.3, -0.25) is 4.79 Å². The third-order valence-electron chi connectivity index (χ3n) is 3.66. The van der Waals surface area contributed by atoms with Gasteiger partial charge in [0.15, 0.2) is 0 Å². The zero-order valence-corrected chi connectivity index (χ0v) is 12.5. The quantitative estimate of drug-likeness (QED) is 0.942. The highest BCUT2D eigenvalue weighted by atomic mass is 16.6. The van der Waals surface area contributed by atoms with Gasteiger partial charge >= 0.3 is 0 Å². The minimum Gasteiger partial charge on any atom is -0.382 e. The average Bonchev–Trinajstić information content (AvgIpc) is 3.05. The van der Waals surface area contributed by atoms with Gasteiger partial charge in [0, 0.05) is 13.0 Å². The van der Waals surface area contributed by atoms with Crippen molar-refractivity contribution in [1.29, 1.82) is 0 Å². The van der Waals surface area contributed by atoms with Gasteiger partial charge in [0.1, 0.15) is 0 Å². The lowest BCUT2D eigenvalue weighted by Crippen LogP contribution is -2.34. The van der Waals surface area contributed by atoms with E-state index in [-0.39, 0.29) is 5.91 Å². The first-order valence-electron chi connectivity index (χ1n) is 7.34. The van der Waals surface area contributed by atoms with Crippen LogP contribution in [0.2, 0.25) is 0 Å². The van der Waals surface area contributed by atoms with E-state index in [1.54, 1.807) is 0 Å². The number of nitrogens with one attached hydrogen (secondary N) is 1. The molecular formula is C18H18N2O2. The maximum absolute atomic E-state index is 12.2. The second-order valence-electron chi connectivity index (χ2n) is 5.41. The molecule has 0 aromatic heterocycles. The Bertz CT molecular complexity index is 678. The summed E-state index contributed by atoms with van der Waals surface area (Å²) in [6, 6.07) is 17.9. The predicted molar refractivity (Wildman–Crippen MR) is 85.5 cm³/mol. The highest BCUT2D eigenvalue weighted by Gasteiger charge is 2.28. The molecule has 1 aliphatic heterocycles. The number of carbonyl (C=O) groups excluding carboxylic acids is 1. The summed E-state index contributed by atoms with van der Waals surface area (Å²) in [6.07, 6.45) is -0.0373. The van der Waals surface area contributed by atoms with Gasteiger partial charge in [-0.1, -0.05) is 65.3 Å². The normalized spacial score (nSPS) is 16.8. The number of hydrogen-bond donors (Lipinski definition) is 1. The molecule has 1 aliphatic rings. The Balaban J connectivity index is 1.53. The molecule has 22 heavy (non-hydrogen) atoms. The Labute approximate surface area is 129 Å². The Morgan fingerprint density at radius 2 is 1.91 bits per heavy atom. The Kier molecular flexibility index (Phi) is 4.19. The SMILES string of the molecule is Cc1ccc(CNC(=O)[C@@H]2CC(c3ccccc3)=NO2)cc1. The fourth-order valence-electron chi connectivity index (χ4n) is 2.33. The van der Waals surface area contributed by atoms with Crippen molar-refractivity contribution in [1.82, 2.24) is 5.32 Å². The number of oxime groups is 1. The van der Waals surface area contributed by atoms with E-state index in [2.05, 4.69) is 10.5 Å². The number of amides is 1. The first-order chi connectivity index (χ1) is 10.7. The number of rotatable bonds is 4. The number of nitrogens with zero attached hydrogens (tertiary/aromatic N) is 1. The minimum atomic E-state index is -0.541. The molecular weight excluding hydrogens is 276 g/mol. The molecule has 0 spiro atoms. The molecule has 1 atom stereocenters. The molecule has 1 N–H and O–H groups in total. The summed E-state index contributed by atoms with van der Waals surface area (Å²) in [7, 11) is 0. The van der Waals surface area contributed by atoms with E-state index in [9.17, 15) is 4.79 Å². The van der Waals surface area contributed by atoms with Crippen molar-refractivity contribution in [2.24, 2.45) is 5.16 Å². The lowest BCUT2D eigenvalue weighted by molar-refractivity contribution is -0.131. The summed E-state index contributed by atoms with van der Waals surface area (Å²) in [5, 5.41) is 6.93. The van der Waals surface area contributed by atoms with Crippen LogP contribution in [0.1, 0.15) is 23.1 Å². The largest absolute Gasteiger partial charge is 0.382 e. The highest BCUT2D eigenvalue weighted by Crippen LogP contribution is 2.16. The first-order valence-corrected chi connectivity index (χ1v) is 7.34. The van der Waals surface area contributed by atoms with Crippen LogP contribution in [0.25, 0.3) is 0 Å². The number of hydrogen-bond acceptors (Lipinski definition) is 3. The van der Waals surface area contributed by atoms with E-state index in [4.69, 9.17) is 4.84 Å². The zero-order chi connectivity index (χ0) is 15.4. The standard InChI is InChI=1S/C18H18N2O2/c1-13-7-9-14(10-8-13)12-19-18(21)17-11-16(20-22-17)15-5-3-2-4-6-15/h2-10,17H,11-12H2,1H3,(H,19,21)/t17-/m0/s1. The maximum atomic E-state index is 12.2. The monoisotopic (exact) mass is 294 g/mol. The zero-order valence-electron chi connectivity index (χ0n) is 12.5. The van der Waals surface area contributed by atoms with Crippen molar-refractivity contribution in [3.63, 3.8) is 0 Å². The fourth-order valence-corrected chi connectivity index (χ4v) is 2.33. The van der Waals surface area contributed by atoms with E-state index in [0.717, 1.165) is 16.8 Å². The van der Waals surface area contributed by atoms with E-state index >= 15 is 0 Å². The van der Waals surface area contributed by atoms with Crippen molar-refractivity contribution in [3.8, 4) is 0 Å². The topological polar surface area (TPSA) is 50.7 Å². The third-order valence-corrected chi connectivity index (χ3v) is 3.66. The molecule has 0 saturated heterocycles. The van der Waals surface area contributed by atoms with Crippen LogP contribution in [0.5, 0.6) is 0 Å². The van der Waals surface area contributed by atoms with Crippen LogP contribution in [-0.4, -0.2) is 17.7 Å². The average molecular weight is 294 g/mol. The van der Waals surface area contributed by atoms with Crippen LogP contribution in [0.4, 0.5) is 0 Å². The van der Waals surface area contributed by atoms with E-state index in [1.165, 1.54) is 5.56 Å². The lowest BCUT2D eigenvalue weighted by atomic mass is 10.0.